The molecule has 1 nitrogen and oxygen atoms in total. The SMILES string of the molecule is C(#CCN(Cc1ccccc1)Cc1ccccc1)C=C(c1ccccc1)c1ccccc1. The van der Waals surface area contributed by atoms with Crippen LogP contribution in [0, 0.1) is 11.8 Å². The van der Waals surface area contributed by atoms with Crippen molar-refractivity contribution < 1.29 is 0 Å². The number of rotatable bonds is 7. The van der Waals surface area contributed by atoms with E-state index in [2.05, 4.69) is 126 Å². The van der Waals surface area contributed by atoms with E-state index in [0.29, 0.717) is 6.54 Å². The molecule has 4 aromatic rings. The second-order valence-electron chi connectivity index (χ2n) is 7.73. The van der Waals surface area contributed by atoms with Gasteiger partial charge in [0.05, 0.1) is 6.54 Å². The van der Waals surface area contributed by atoms with Crippen LogP contribution in [0.15, 0.2) is 127 Å². The van der Waals surface area contributed by atoms with Gasteiger partial charge in [-0.05, 0) is 33.9 Å². The number of benzene rings is 4. The van der Waals surface area contributed by atoms with E-state index in [9.17, 15) is 0 Å². The molecule has 0 aliphatic rings. The highest BCUT2D eigenvalue weighted by atomic mass is 15.1. The van der Waals surface area contributed by atoms with Crippen LogP contribution in [-0.2, 0) is 13.1 Å². The summed E-state index contributed by atoms with van der Waals surface area (Å²) < 4.78 is 0. The first kappa shape index (κ1) is 21.4. The standard InChI is InChI=1S/C31H27N/c1-5-15-27(16-6-1)25-32(26-28-17-7-2-8-18-28)24-14-13-23-31(29-19-9-3-10-20-29)30-21-11-4-12-22-30/h1-12,15-23H,24-26H2. The molecular weight excluding hydrogens is 386 g/mol. The molecule has 0 aromatic heterocycles. The van der Waals surface area contributed by atoms with E-state index >= 15 is 0 Å². The Balaban J connectivity index is 1.55. The first-order valence-electron chi connectivity index (χ1n) is 11.0. The highest BCUT2D eigenvalue weighted by molar-refractivity contribution is 5.81. The molecule has 0 spiro atoms. The fraction of sp³-hybridized carbons (Fsp3) is 0.0968. The molecule has 0 aliphatic carbocycles. The Hall–Kier alpha value is -3.86. The molecule has 0 radical (unpaired) electrons. The summed E-state index contributed by atoms with van der Waals surface area (Å²) >= 11 is 0. The number of allylic oxidation sites excluding steroid dienone is 1. The molecular formula is C31H27N. The van der Waals surface area contributed by atoms with Crippen molar-refractivity contribution in [2.24, 2.45) is 0 Å². The maximum absolute atomic E-state index is 3.40. The quantitative estimate of drug-likeness (QED) is 0.300. The summed E-state index contributed by atoms with van der Waals surface area (Å²) in [7, 11) is 0. The smallest absolute Gasteiger partial charge is 0.0611 e. The van der Waals surface area contributed by atoms with Crippen LogP contribution in [0.2, 0.25) is 0 Å². The van der Waals surface area contributed by atoms with Gasteiger partial charge >= 0.3 is 0 Å². The molecule has 0 fully saturated rings. The second-order valence-corrected chi connectivity index (χ2v) is 7.73. The van der Waals surface area contributed by atoms with Gasteiger partial charge < -0.3 is 0 Å². The highest BCUT2D eigenvalue weighted by Crippen LogP contribution is 2.22. The van der Waals surface area contributed by atoms with Crippen LogP contribution in [0.3, 0.4) is 0 Å². The number of hydrogen-bond acceptors (Lipinski definition) is 1. The van der Waals surface area contributed by atoms with Gasteiger partial charge in [0.25, 0.3) is 0 Å². The Bertz CT molecular complexity index is 1090. The molecule has 4 rings (SSSR count). The van der Waals surface area contributed by atoms with E-state index in [-0.39, 0.29) is 0 Å². The Labute approximate surface area is 191 Å². The first-order valence-corrected chi connectivity index (χ1v) is 11.0. The second kappa shape index (κ2) is 11.5. The van der Waals surface area contributed by atoms with Crippen molar-refractivity contribution in [1.82, 2.24) is 4.90 Å². The number of hydrogen-bond donors (Lipinski definition) is 0. The van der Waals surface area contributed by atoms with Gasteiger partial charge in [0, 0.05) is 13.1 Å². The third kappa shape index (κ3) is 6.32. The van der Waals surface area contributed by atoms with Crippen LogP contribution in [-0.4, -0.2) is 11.4 Å². The molecule has 0 heterocycles. The molecule has 156 valence electrons. The minimum absolute atomic E-state index is 0.706. The molecule has 0 aliphatic heterocycles. The van der Waals surface area contributed by atoms with Gasteiger partial charge in [0.15, 0.2) is 0 Å². The van der Waals surface area contributed by atoms with Crippen LogP contribution >= 0.6 is 0 Å². The highest BCUT2D eigenvalue weighted by Gasteiger charge is 2.06. The first-order chi connectivity index (χ1) is 15.9. The summed E-state index contributed by atoms with van der Waals surface area (Å²) in [4.78, 5) is 2.39. The summed E-state index contributed by atoms with van der Waals surface area (Å²) in [5.41, 5.74) is 6.11. The van der Waals surface area contributed by atoms with Crippen molar-refractivity contribution in [2.45, 2.75) is 13.1 Å². The van der Waals surface area contributed by atoms with Crippen LogP contribution in [0.1, 0.15) is 22.3 Å². The lowest BCUT2D eigenvalue weighted by Crippen LogP contribution is -2.23. The maximum atomic E-state index is 3.40. The normalized spacial score (nSPS) is 10.3. The lowest BCUT2D eigenvalue weighted by Gasteiger charge is -2.20. The summed E-state index contributed by atoms with van der Waals surface area (Å²) in [6.07, 6.45) is 2.05. The van der Waals surface area contributed by atoms with Crippen LogP contribution in [0.5, 0.6) is 0 Å². The Morgan fingerprint density at radius 2 is 0.969 bits per heavy atom. The van der Waals surface area contributed by atoms with E-state index in [1.54, 1.807) is 0 Å². The van der Waals surface area contributed by atoms with E-state index in [0.717, 1.165) is 18.7 Å². The lowest BCUT2D eigenvalue weighted by atomic mass is 9.98. The van der Waals surface area contributed by atoms with Gasteiger partial charge in [-0.1, -0.05) is 133 Å². The van der Waals surface area contributed by atoms with Crippen LogP contribution < -0.4 is 0 Å². The summed E-state index contributed by atoms with van der Waals surface area (Å²) in [5.74, 6) is 6.73. The molecule has 32 heavy (non-hydrogen) atoms. The summed E-state index contributed by atoms with van der Waals surface area (Å²) in [6.45, 7) is 2.45. The Kier molecular flexibility index (Phi) is 7.69. The molecule has 4 aromatic carbocycles. The van der Waals surface area contributed by atoms with Crippen molar-refractivity contribution >= 4 is 5.57 Å². The predicted octanol–water partition coefficient (Wildman–Crippen LogP) is 6.82. The largest absolute Gasteiger partial charge is 0.284 e. The molecule has 0 saturated carbocycles. The van der Waals surface area contributed by atoms with E-state index < -0.39 is 0 Å². The average molecular weight is 414 g/mol. The zero-order valence-corrected chi connectivity index (χ0v) is 18.2. The van der Waals surface area contributed by atoms with Crippen molar-refractivity contribution in [3.63, 3.8) is 0 Å². The van der Waals surface area contributed by atoms with Crippen LogP contribution in [0.4, 0.5) is 0 Å². The minimum atomic E-state index is 0.706. The predicted molar refractivity (Wildman–Crippen MR) is 135 cm³/mol. The third-order valence-electron chi connectivity index (χ3n) is 5.29. The Morgan fingerprint density at radius 3 is 1.41 bits per heavy atom. The maximum Gasteiger partial charge on any atom is 0.0611 e. The summed E-state index contributed by atoms with van der Waals surface area (Å²) in [5, 5.41) is 0. The van der Waals surface area contributed by atoms with Crippen molar-refractivity contribution in [3.8, 4) is 11.8 Å². The van der Waals surface area contributed by atoms with E-state index in [1.807, 2.05) is 18.2 Å². The molecule has 0 amide bonds. The molecule has 0 N–H and O–H groups in total. The van der Waals surface area contributed by atoms with Crippen molar-refractivity contribution in [3.05, 3.63) is 150 Å². The molecule has 0 unspecified atom stereocenters. The zero-order valence-electron chi connectivity index (χ0n) is 18.2. The van der Waals surface area contributed by atoms with E-state index in [1.165, 1.54) is 22.3 Å². The fourth-order valence-electron chi connectivity index (χ4n) is 3.70. The lowest BCUT2D eigenvalue weighted by molar-refractivity contribution is 0.290. The average Bonchev–Trinajstić information content (AvgIpc) is 2.86. The third-order valence-corrected chi connectivity index (χ3v) is 5.29. The van der Waals surface area contributed by atoms with Crippen molar-refractivity contribution in [1.29, 1.82) is 0 Å². The fourth-order valence-corrected chi connectivity index (χ4v) is 3.70. The topological polar surface area (TPSA) is 3.24 Å². The molecule has 1 heteroatoms. The summed E-state index contributed by atoms with van der Waals surface area (Å²) in [6, 6.07) is 42.1. The van der Waals surface area contributed by atoms with Gasteiger partial charge in [0.2, 0.25) is 0 Å². The van der Waals surface area contributed by atoms with Gasteiger partial charge in [-0.25, -0.2) is 0 Å². The van der Waals surface area contributed by atoms with Crippen molar-refractivity contribution in [2.75, 3.05) is 6.54 Å². The number of nitrogens with zero attached hydrogens (tertiary/aromatic N) is 1. The van der Waals surface area contributed by atoms with E-state index in [4.69, 9.17) is 0 Å². The molecule has 0 bridgehead atoms. The zero-order chi connectivity index (χ0) is 21.8. The van der Waals surface area contributed by atoms with Gasteiger partial charge in [-0.3, -0.25) is 4.90 Å². The van der Waals surface area contributed by atoms with Crippen LogP contribution in [0.25, 0.3) is 5.57 Å². The van der Waals surface area contributed by atoms with Gasteiger partial charge in [-0.15, -0.1) is 0 Å². The van der Waals surface area contributed by atoms with Gasteiger partial charge in [-0.2, -0.15) is 0 Å². The monoisotopic (exact) mass is 413 g/mol. The molecule has 0 atom stereocenters. The Morgan fingerprint density at radius 1 is 0.562 bits per heavy atom. The van der Waals surface area contributed by atoms with Gasteiger partial charge in [0.1, 0.15) is 0 Å². The minimum Gasteiger partial charge on any atom is -0.284 e. The molecule has 0 saturated heterocycles.